The van der Waals surface area contributed by atoms with Crippen LogP contribution < -0.4 is 0 Å². The Morgan fingerprint density at radius 3 is 1.74 bits per heavy atom. The van der Waals surface area contributed by atoms with Gasteiger partial charge in [0.05, 0.1) is 11.0 Å². The lowest BCUT2D eigenvalue weighted by Crippen LogP contribution is -2.02. The molecule has 0 saturated carbocycles. The van der Waals surface area contributed by atoms with Gasteiger partial charge in [-0.2, -0.15) is 0 Å². The van der Waals surface area contributed by atoms with Crippen LogP contribution in [0.5, 0.6) is 0 Å². The Balaban J connectivity index is 1.13. The zero-order chi connectivity index (χ0) is 40.3. The minimum Gasteiger partial charge on any atom is -0.309 e. The summed E-state index contributed by atoms with van der Waals surface area (Å²) >= 11 is 0. The molecule has 0 unspecified atom stereocenters. The van der Waals surface area contributed by atoms with Crippen LogP contribution in [0.2, 0.25) is 0 Å². The molecule has 0 aliphatic rings. The second-order valence-electron chi connectivity index (χ2n) is 15.5. The SMILES string of the molecule is c1ccc(-c2ccccc2-c2nc(-c3cccc(-c4cccc5c6ccccc6n(-c6ccccc6)c45)c3)nc(-c3c4ccccc4cc4c3ccc3ccccc34)n2)cc1. The smallest absolute Gasteiger partial charge is 0.165 e. The van der Waals surface area contributed by atoms with Crippen molar-refractivity contribution in [2.24, 2.45) is 0 Å². The van der Waals surface area contributed by atoms with Crippen LogP contribution in [0.25, 0.3) is 116 Å². The van der Waals surface area contributed by atoms with Crippen LogP contribution in [0.3, 0.4) is 0 Å². The summed E-state index contributed by atoms with van der Waals surface area (Å²) in [6.45, 7) is 0. The van der Waals surface area contributed by atoms with Gasteiger partial charge in [-0.25, -0.2) is 15.0 Å². The molecule has 284 valence electrons. The predicted molar refractivity (Wildman–Crippen MR) is 254 cm³/mol. The van der Waals surface area contributed by atoms with Crippen LogP contribution in [-0.4, -0.2) is 19.5 Å². The van der Waals surface area contributed by atoms with E-state index in [2.05, 4.69) is 217 Å². The Hall–Kier alpha value is -8.21. The average Bonchev–Trinajstić information content (AvgIpc) is 3.68. The maximum Gasteiger partial charge on any atom is 0.165 e. The van der Waals surface area contributed by atoms with E-state index in [0.29, 0.717) is 17.5 Å². The number of para-hydroxylation sites is 3. The summed E-state index contributed by atoms with van der Waals surface area (Å²) in [7, 11) is 0. The molecule has 2 heterocycles. The van der Waals surface area contributed by atoms with Gasteiger partial charge in [0.25, 0.3) is 0 Å². The quantitative estimate of drug-likeness (QED) is 0.125. The monoisotopic (exact) mass is 776 g/mol. The van der Waals surface area contributed by atoms with Crippen molar-refractivity contribution < 1.29 is 0 Å². The number of rotatable bonds is 6. The standard InChI is InChI=1S/C57H36N4/c1-3-17-37(18-4-1)43-25-11-12-29-50(43)56-58-55(59-57(60-56)53-45-27-10-8-20-40(45)36-51-44-26-9-7-19-38(44)33-34-48(51)53)41-22-15-21-39(35-41)46-30-16-31-49-47-28-13-14-32-52(47)61(54(46)49)42-23-5-2-6-24-42/h1-36H. The normalized spacial score (nSPS) is 11.6. The van der Waals surface area contributed by atoms with Gasteiger partial charge in [0, 0.05) is 38.7 Å². The highest BCUT2D eigenvalue weighted by Gasteiger charge is 2.21. The second-order valence-corrected chi connectivity index (χ2v) is 15.5. The Morgan fingerprint density at radius 2 is 0.885 bits per heavy atom. The first-order valence-electron chi connectivity index (χ1n) is 20.7. The highest BCUT2D eigenvalue weighted by atomic mass is 15.0. The molecule has 0 fully saturated rings. The highest BCUT2D eigenvalue weighted by Crippen LogP contribution is 2.42. The van der Waals surface area contributed by atoms with Crippen molar-refractivity contribution in [1.82, 2.24) is 19.5 Å². The third-order valence-corrected chi connectivity index (χ3v) is 12.0. The topological polar surface area (TPSA) is 43.6 Å². The molecule has 10 aromatic carbocycles. The van der Waals surface area contributed by atoms with Crippen molar-refractivity contribution in [1.29, 1.82) is 0 Å². The van der Waals surface area contributed by atoms with Gasteiger partial charge < -0.3 is 4.57 Å². The second kappa shape index (κ2) is 14.3. The molecule has 61 heavy (non-hydrogen) atoms. The van der Waals surface area contributed by atoms with Crippen LogP contribution in [0.1, 0.15) is 0 Å². The van der Waals surface area contributed by atoms with Crippen LogP contribution in [0.4, 0.5) is 0 Å². The Labute approximate surface area is 352 Å². The van der Waals surface area contributed by atoms with E-state index in [-0.39, 0.29) is 0 Å². The molecule has 0 atom stereocenters. The summed E-state index contributed by atoms with van der Waals surface area (Å²) in [5.74, 6) is 1.87. The molecule has 12 aromatic rings. The fraction of sp³-hybridized carbons (Fsp3) is 0. The molecule has 0 spiro atoms. The van der Waals surface area contributed by atoms with Crippen LogP contribution >= 0.6 is 0 Å². The van der Waals surface area contributed by atoms with E-state index in [1.165, 1.54) is 32.4 Å². The largest absolute Gasteiger partial charge is 0.309 e. The van der Waals surface area contributed by atoms with E-state index < -0.39 is 0 Å². The van der Waals surface area contributed by atoms with Gasteiger partial charge in [0.2, 0.25) is 0 Å². The fourth-order valence-corrected chi connectivity index (χ4v) is 9.27. The lowest BCUT2D eigenvalue weighted by Gasteiger charge is -2.16. The fourth-order valence-electron chi connectivity index (χ4n) is 9.27. The van der Waals surface area contributed by atoms with Crippen molar-refractivity contribution in [3.05, 3.63) is 218 Å². The molecule has 0 amide bonds. The van der Waals surface area contributed by atoms with Crippen LogP contribution in [0, 0.1) is 0 Å². The molecule has 0 saturated heterocycles. The summed E-state index contributed by atoms with van der Waals surface area (Å²) in [5.41, 5.74) is 10.7. The zero-order valence-electron chi connectivity index (χ0n) is 33.1. The highest BCUT2D eigenvalue weighted by molar-refractivity contribution is 6.19. The van der Waals surface area contributed by atoms with Gasteiger partial charge in [0.1, 0.15) is 0 Å². The number of benzene rings is 10. The Kier molecular flexibility index (Phi) is 8.13. The third-order valence-electron chi connectivity index (χ3n) is 12.0. The minimum absolute atomic E-state index is 0.613. The third kappa shape index (κ3) is 5.80. The van der Waals surface area contributed by atoms with E-state index in [4.69, 9.17) is 15.0 Å². The van der Waals surface area contributed by atoms with Crippen molar-refractivity contribution in [3.63, 3.8) is 0 Å². The van der Waals surface area contributed by atoms with E-state index in [0.717, 1.165) is 66.3 Å². The molecule has 4 nitrogen and oxygen atoms in total. The summed E-state index contributed by atoms with van der Waals surface area (Å²) < 4.78 is 2.39. The summed E-state index contributed by atoms with van der Waals surface area (Å²) in [5, 5.41) is 9.33. The van der Waals surface area contributed by atoms with Crippen LogP contribution in [0.15, 0.2) is 218 Å². The Morgan fingerprint density at radius 1 is 0.295 bits per heavy atom. The number of hydrogen-bond donors (Lipinski definition) is 0. The van der Waals surface area contributed by atoms with Gasteiger partial charge >= 0.3 is 0 Å². The molecule has 0 aliphatic carbocycles. The van der Waals surface area contributed by atoms with Gasteiger partial charge in [-0.1, -0.05) is 188 Å². The molecule has 0 aliphatic heterocycles. The molecular formula is C57H36N4. The van der Waals surface area contributed by atoms with Gasteiger partial charge in [-0.15, -0.1) is 0 Å². The van der Waals surface area contributed by atoms with Gasteiger partial charge in [-0.05, 0) is 79.3 Å². The Bertz CT molecular complexity index is 3650. The number of nitrogens with zero attached hydrogens (tertiary/aromatic N) is 4. The summed E-state index contributed by atoms with van der Waals surface area (Å²) in [6, 6.07) is 77.5. The maximum atomic E-state index is 5.45. The lowest BCUT2D eigenvalue weighted by atomic mass is 9.93. The van der Waals surface area contributed by atoms with Crippen molar-refractivity contribution in [2.45, 2.75) is 0 Å². The zero-order valence-corrected chi connectivity index (χ0v) is 33.1. The molecule has 0 radical (unpaired) electrons. The predicted octanol–water partition coefficient (Wildman–Crippen LogP) is 14.8. The lowest BCUT2D eigenvalue weighted by molar-refractivity contribution is 1.08. The minimum atomic E-state index is 0.613. The summed E-state index contributed by atoms with van der Waals surface area (Å²) in [6.07, 6.45) is 0. The number of hydrogen-bond acceptors (Lipinski definition) is 3. The number of aromatic nitrogens is 4. The average molecular weight is 777 g/mol. The van der Waals surface area contributed by atoms with Gasteiger partial charge in [-0.3, -0.25) is 0 Å². The summed E-state index contributed by atoms with van der Waals surface area (Å²) in [4.78, 5) is 16.2. The van der Waals surface area contributed by atoms with E-state index >= 15 is 0 Å². The van der Waals surface area contributed by atoms with E-state index in [1.807, 2.05) is 6.07 Å². The molecule has 0 bridgehead atoms. The van der Waals surface area contributed by atoms with Crippen molar-refractivity contribution in [2.75, 3.05) is 0 Å². The van der Waals surface area contributed by atoms with Crippen LogP contribution in [-0.2, 0) is 0 Å². The molecule has 0 N–H and O–H groups in total. The van der Waals surface area contributed by atoms with Crippen molar-refractivity contribution >= 4 is 54.1 Å². The first kappa shape index (κ1) is 34.8. The first-order valence-corrected chi connectivity index (χ1v) is 20.7. The first-order chi connectivity index (χ1) is 30.3. The molecule has 2 aromatic heterocycles. The molecule has 12 rings (SSSR count). The molecular weight excluding hydrogens is 741 g/mol. The number of fused-ring (bicyclic) bond motifs is 7. The molecule has 4 heteroatoms. The maximum absolute atomic E-state index is 5.45. The van der Waals surface area contributed by atoms with Crippen molar-refractivity contribution in [3.8, 4) is 62.1 Å². The van der Waals surface area contributed by atoms with Gasteiger partial charge in [0.15, 0.2) is 17.5 Å². The van der Waals surface area contributed by atoms with E-state index in [9.17, 15) is 0 Å². The van der Waals surface area contributed by atoms with E-state index in [1.54, 1.807) is 0 Å².